The number of hydrogen-bond acceptors (Lipinski definition) is 4. The van der Waals surface area contributed by atoms with Gasteiger partial charge in [0.05, 0.1) is 19.7 Å². The number of methoxy groups -OCH3 is 2. The normalized spacial score (nSPS) is 12.7. The Bertz CT molecular complexity index is 608. The van der Waals surface area contributed by atoms with E-state index in [0.717, 1.165) is 28.2 Å². The van der Waals surface area contributed by atoms with E-state index >= 15 is 0 Å². The van der Waals surface area contributed by atoms with Crippen LogP contribution in [0.15, 0.2) is 12.1 Å². The van der Waals surface area contributed by atoms with Crippen molar-refractivity contribution in [2.45, 2.75) is 53.4 Å². The summed E-state index contributed by atoms with van der Waals surface area (Å²) < 4.78 is 10.6. The molecule has 1 aliphatic carbocycles. The van der Waals surface area contributed by atoms with Crippen molar-refractivity contribution >= 4 is 10.9 Å². The van der Waals surface area contributed by atoms with Gasteiger partial charge in [0.15, 0.2) is 11.5 Å². The maximum atomic E-state index is 5.31. The van der Waals surface area contributed by atoms with Crippen molar-refractivity contribution in [1.29, 1.82) is 0 Å². The molecule has 1 heterocycles. The number of aromatic nitrogens is 2. The molecule has 1 aromatic carbocycles. The van der Waals surface area contributed by atoms with E-state index in [-0.39, 0.29) is 0 Å². The molecule has 4 heteroatoms. The Morgan fingerprint density at radius 2 is 1.45 bits per heavy atom. The highest BCUT2D eigenvalue weighted by atomic mass is 16.5. The lowest BCUT2D eigenvalue weighted by Crippen LogP contribution is -1.98. The summed E-state index contributed by atoms with van der Waals surface area (Å²) in [5.41, 5.74) is 1.94. The molecular formula is C18H28N2O2. The summed E-state index contributed by atoms with van der Waals surface area (Å²) in [4.78, 5) is 9.22. The van der Waals surface area contributed by atoms with E-state index in [1.807, 2.05) is 46.8 Å². The molecule has 1 saturated carbocycles. The van der Waals surface area contributed by atoms with Crippen LogP contribution >= 0.6 is 0 Å². The smallest absolute Gasteiger partial charge is 0.162 e. The minimum absolute atomic E-state index is 0.557. The van der Waals surface area contributed by atoms with Gasteiger partial charge in [-0.15, -0.1) is 0 Å². The molecular weight excluding hydrogens is 276 g/mol. The fraction of sp³-hybridized carbons (Fsp3) is 0.556. The highest BCUT2D eigenvalue weighted by Crippen LogP contribution is 2.39. The van der Waals surface area contributed by atoms with Crippen LogP contribution in [0.5, 0.6) is 11.5 Å². The van der Waals surface area contributed by atoms with Crippen LogP contribution in [0, 0.1) is 6.92 Å². The molecule has 0 unspecified atom stereocenters. The van der Waals surface area contributed by atoms with E-state index in [0.29, 0.717) is 11.7 Å². The second-order valence-corrected chi connectivity index (χ2v) is 4.67. The molecule has 3 rings (SSSR count). The molecule has 0 amide bonds. The molecule has 122 valence electrons. The van der Waals surface area contributed by atoms with Crippen molar-refractivity contribution in [2.75, 3.05) is 14.2 Å². The first-order valence-electron chi connectivity index (χ1n) is 8.13. The number of rotatable bonds is 3. The minimum Gasteiger partial charge on any atom is -0.493 e. The molecule has 0 radical (unpaired) electrons. The van der Waals surface area contributed by atoms with Crippen LogP contribution in [0.1, 0.15) is 58.0 Å². The van der Waals surface area contributed by atoms with Crippen molar-refractivity contribution < 1.29 is 9.47 Å². The van der Waals surface area contributed by atoms with Crippen LogP contribution in [-0.2, 0) is 0 Å². The minimum atomic E-state index is 0.557. The van der Waals surface area contributed by atoms with Crippen LogP contribution in [0.4, 0.5) is 0 Å². The van der Waals surface area contributed by atoms with Gasteiger partial charge in [0.2, 0.25) is 0 Å². The summed E-state index contributed by atoms with van der Waals surface area (Å²) in [5.74, 6) is 2.95. The highest BCUT2D eigenvalue weighted by molar-refractivity contribution is 5.84. The molecule has 0 N–H and O–H groups in total. The lowest BCUT2D eigenvalue weighted by molar-refractivity contribution is 0.355. The number of nitrogens with zero attached hydrogens (tertiary/aromatic N) is 2. The SMILES string of the molecule is CC.CC.COc1cc2nc(C3CC3)nc(C)c2cc1OC. The largest absolute Gasteiger partial charge is 0.493 e. The van der Waals surface area contributed by atoms with Gasteiger partial charge in [-0.05, 0) is 25.8 Å². The predicted molar refractivity (Wildman–Crippen MR) is 92.1 cm³/mol. The molecule has 0 aliphatic heterocycles. The van der Waals surface area contributed by atoms with Gasteiger partial charge in [-0.25, -0.2) is 9.97 Å². The molecule has 22 heavy (non-hydrogen) atoms. The number of fused-ring (bicyclic) bond motifs is 1. The fourth-order valence-electron chi connectivity index (χ4n) is 2.16. The van der Waals surface area contributed by atoms with E-state index in [1.165, 1.54) is 12.8 Å². The Labute approximate surface area is 133 Å². The van der Waals surface area contributed by atoms with E-state index in [2.05, 4.69) is 9.97 Å². The lowest BCUT2D eigenvalue weighted by atomic mass is 10.1. The van der Waals surface area contributed by atoms with Gasteiger partial charge in [-0.2, -0.15) is 0 Å². The fourth-order valence-corrected chi connectivity index (χ4v) is 2.16. The van der Waals surface area contributed by atoms with Gasteiger partial charge in [0.1, 0.15) is 5.82 Å². The summed E-state index contributed by atoms with van der Waals surface area (Å²) in [7, 11) is 3.28. The summed E-state index contributed by atoms with van der Waals surface area (Å²) in [6.07, 6.45) is 2.41. The Morgan fingerprint density at radius 3 is 1.95 bits per heavy atom. The van der Waals surface area contributed by atoms with Gasteiger partial charge in [-0.3, -0.25) is 0 Å². The first kappa shape index (κ1) is 18.2. The standard InChI is InChI=1S/C14H16N2O2.2C2H6/c1-8-10-6-12(17-2)13(18-3)7-11(10)16-14(15-8)9-4-5-9;2*1-2/h6-7,9H,4-5H2,1-3H3;2*1-2H3. The third-order valence-corrected chi connectivity index (χ3v) is 3.35. The van der Waals surface area contributed by atoms with Crippen molar-refractivity contribution in [3.63, 3.8) is 0 Å². The predicted octanol–water partition coefficient (Wildman–Crippen LogP) is 4.89. The zero-order valence-electron chi connectivity index (χ0n) is 14.9. The maximum absolute atomic E-state index is 5.31. The zero-order chi connectivity index (χ0) is 16.7. The monoisotopic (exact) mass is 304 g/mol. The van der Waals surface area contributed by atoms with E-state index in [4.69, 9.17) is 9.47 Å². The molecule has 0 bridgehead atoms. The van der Waals surface area contributed by atoms with E-state index in [9.17, 15) is 0 Å². The van der Waals surface area contributed by atoms with Crippen molar-refractivity contribution in [3.8, 4) is 11.5 Å². The van der Waals surface area contributed by atoms with Crippen LogP contribution in [0.2, 0.25) is 0 Å². The van der Waals surface area contributed by atoms with E-state index in [1.54, 1.807) is 14.2 Å². The van der Waals surface area contributed by atoms with Crippen molar-refractivity contribution in [3.05, 3.63) is 23.7 Å². The number of hydrogen-bond donors (Lipinski definition) is 0. The van der Waals surface area contributed by atoms with Gasteiger partial charge in [-0.1, -0.05) is 27.7 Å². The van der Waals surface area contributed by atoms with Gasteiger partial charge < -0.3 is 9.47 Å². The lowest BCUT2D eigenvalue weighted by Gasteiger charge is -2.10. The molecule has 1 fully saturated rings. The van der Waals surface area contributed by atoms with Gasteiger partial charge >= 0.3 is 0 Å². The molecule has 0 spiro atoms. The third kappa shape index (κ3) is 3.87. The molecule has 4 nitrogen and oxygen atoms in total. The molecule has 1 aliphatic rings. The summed E-state index contributed by atoms with van der Waals surface area (Å²) in [6, 6.07) is 3.87. The Morgan fingerprint density at radius 1 is 0.909 bits per heavy atom. The van der Waals surface area contributed by atoms with E-state index < -0.39 is 0 Å². The number of benzene rings is 1. The van der Waals surface area contributed by atoms with Gasteiger partial charge in [0, 0.05) is 23.1 Å². The summed E-state index contributed by atoms with van der Waals surface area (Å²) in [6.45, 7) is 10.0. The Kier molecular flexibility index (Phi) is 7.09. The second-order valence-electron chi connectivity index (χ2n) is 4.67. The Balaban J connectivity index is 0.000000561. The first-order chi connectivity index (χ1) is 10.7. The van der Waals surface area contributed by atoms with Crippen LogP contribution in [0.3, 0.4) is 0 Å². The summed E-state index contributed by atoms with van der Waals surface area (Å²) in [5, 5.41) is 1.03. The van der Waals surface area contributed by atoms with Gasteiger partial charge in [0.25, 0.3) is 0 Å². The van der Waals surface area contributed by atoms with Crippen LogP contribution < -0.4 is 9.47 Å². The third-order valence-electron chi connectivity index (χ3n) is 3.35. The van der Waals surface area contributed by atoms with Crippen molar-refractivity contribution in [2.24, 2.45) is 0 Å². The quantitative estimate of drug-likeness (QED) is 0.810. The zero-order valence-corrected chi connectivity index (χ0v) is 14.9. The molecule has 0 saturated heterocycles. The van der Waals surface area contributed by atoms with Crippen LogP contribution in [-0.4, -0.2) is 24.2 Å². The molecule has 0 atom stereocenters. The average Bonchev–Trinajstić information content (AvgIpc) is 3.42. The number of aryl methyl sites for hydroxylation is 1. The topological polar surface area (TPSA) is 44.2 Å². The molecule has 2 aromatic rings. The Hall–Kier alpha value is -1.84. The second kappa shape index (κ2) is 8.57. The van der Waals surface area contributed by atoms with Crippen molar-refractivity contribution in [1.82, 2.24) is 9.97 Å². The highest BCUT2D eigenvalue weighted by Gasteiger charge is 2.27. The molecule has 1 aromatic heterocycles. The number of ether oxygens (including phenoxy) is 2. The maximum Gasteiger partial charge on any atom is 0.162 e. The first-order valence-corrected chi connectivity index (χ1v) is 8.13. The van der Waals surface area contributed by atoms with Crippen LogP contribution in [0.25, 0.3) is 10.9 Å². The average molecular weight is 304 g/mol. The summed E-state index contributed by atoms with van der Waals surface area (Å²) >= 11 is 0.